The van der Waals surface area contributed by atoms with E-state index in [0.717, 1.165) is 17.9 Å². The molecule has 0 bridgehead atoms. The molecule has 1 rings (SSSR count). The Balaban J connectivity index is 2.74. The normalized spacial score (nSPS) is 12.8. The number of thiocarbonyl (C=S) groups is 1. The Kier molecular flexibility index (Phi) is 3.03. The van der Waals surface area contributed by atoms with Gasteiger partial charge >= 0.3 is 0 Å². The van der Waals surface area contributed by atoms with Crippen LogP contribution in [0.15, 0.2) is 6.07 Å². The van der Waals surface area contributed by atoms with Crippen molar-refractivity contribution in [3.63, 3.8) is 0 Å². The van der Waals surface area contributed by atoms with Gasteiger partial charge < -0.3 is 5.73 Å². The van der Waals surface area contributed by atoms with Crippen molar-refractivity contribution < 1.29 is 0 Å². The average molecular weight is 197 g/mol. The predicted molar refractivity (Wildman–Crippen MR) is 57.7 cm³/mol. The summed E-state index contributed by atoms with van der Waals surface area (Å²) in [4.78, 5) is 0.549. The molecule has 0 unspecified atom stereocenters. The minimum absolute atomic E-state index is 0.202. The summed E-state index contributed by atoms with van der Waals surface area (Å²) in [5.74, 6) is 0.202. The van der Waals surface area contributed by atoms with Gasteiger partial charge in [0.05, 0.1) is 17.2 Å². The van der Waals surface area contributed by atoms with Crippen LogP contribution >= 0.6 is 12.2 Å². The molecule has 72 valence electrons. The van der Waals surface area contributed by atoms with Gasteiger partial charge in [0.15, 0.2) is 0 Å². The van der Waals surface area contributed by atoms with Crippen LogP contribution < -0.4 is 5.73 Å². The van der Waals surface area contributed by atoms with E-state index in [4.69, 9.17) is 18.0 Å². The summed E-state index contributed by atoms with van der Waals surface area (Å²) in [5, 5.41) is 4.33. The lowest BCUT2D eigenvalue weighted by Gasteiger charge is -2.10. The third kappa shape index (κ3) is 2.52. The van der Waals surface area contributed by atoms with Gasteiger partial charge in [-0.25, -0.2) is 0 Å². The van der Waals surface area contributed by atoms with E-state index >= 15 is 0 Å². The summed E-state index contributed by atoms with van der Waals surface area (Å²) in [5.41, 5.74) is 7.72. The fraction of sp³-hybridized carbons (Fsp3) is 0.556. The molecule has 1 aromatic heterocycles. The van der Waals surface area contributed by atoms with Crippen LogP contribution in [-0.2, 0) is 6.54 Å². The molecular weight excluding hydrogens is 182 g/mol. The van der Waals surface area contributed by atoms with Crippen LogP contribution in [0.5, 0.6) is 0 Å². The molecule has 0 saturated heterocycles. The first kappa shape index (κ1) is 10.2. The number of nitrogens with two attached hydrogens (primary N) is 1. The fourth-order valence-electron chi connectivity index (χ4n) is 1.21. The minimum Gasteiger partial charge on any atom is -0.393 e. The Morgan fingerprint density at radius 1 is 1.69 bits per heavy atom. The zero-order valence-corrected chi connectivity index (χ0v) is 9.06. The second kappa shape index (κ2) is 3.87. The third-order valence-electron chi connectivity index (χ3n) is 2.04. The summed E-state index contributed by atoms with van der Waals surface area (Å²) in [6.07, 6.45) is 0. The first-order valence-electron chi connectivity index (χ1n) is 4.31. The molecule has 0 saturated carbocycles. The van der Waals surface area contributed by atoms with E-state index in [2.05, 4.69) is 5.10 Å². The monoisotopic (exact) mass is 197 g/mol. The summed E-state index contributed by atoms with van der Waals surface area (Å²) in [7, 11) is 0. The van der Waals surface area contributed by atoms with E-state index in [1.54, 1.807) is 0 Å². The molecule has 0 spiro atoms. The predicted octanol–water partition coefficient (Wildman–Crippen LogP) is 1.42. The molecule has 4 heteroatoms. The van der Waals surface area contributed by atoms with Crippen molar-refractivity contribution in [1.82, 2.24) is 9.78 Å². The molecule has 1 aromatic rings. The number of aromatic nitrogens is 2. The highest BCUT2D eigenvalue weighted by Gasteiger charge is 2.08. The summed E-state index contributed by atoms with van der Waals surface area (Å²) >= 11 is 4.90. The largest absolute Gasteiger partial charge is 0.393 e. The van der Waals surface area contributed by atoms with Crippen molar-refractivity contribution in [2.45, 2.75) is 27.3 Å². The summed E-state index contributed by atoms with van der Waals surface area (Å²) < 4.78 is 1.94. The molecule has 1 heterocycles. The molecule has 0 fully saturated rings. The molecular formula is C9H15N3S. The summed E-state index contributed by atoms with van der Waals surface area (Å²) in [6.45, 7) is 6.80. The maximum Gasteiger partial charge on any atom is 0.0774 e. The van der Waals surface area contributed by atoms with E-state index in [9.17, 15) is 0 Å². The molecule has 0 amide bonds. The molecule has 1 atom stereocenters. The molecule has 0 radical (unpaired) electrons. The minimum atomic E-state index is 0.202. The van der Waals surface area contributed by atoms with Crippen LogP contribution in [0.1, 0.15) is 18.3 Å². The first-order valence-corrected chi connectivity index (χ1v) is 4.72. The topological polar surface area (TPSA) is 43.8 Å². The summed E-state index contributed by atoms with van der Waals surface area (Å²) in [6, 6.07) is 2.05. The maximum atomic E-state index is 5.53. The lowest BCUT2D eigenvalue weighted by Crippen LogP contribution is -2.23. The van der Waals surface area contributed by atoms with Crippen molar-refractivity contribution in [2.24, 2.45) is 11.7 Å². The average Bonchev–Trinajstić information content (AvgIpc) is 2.30. The zero-order valence-electron chi connectivity index (χ0n) is 8.24. The molecule has 0 aliphatic rings. The van der Waals surface area contributed by atoms with Crippen LogP contribution in [0, 0.1) is 19.8 Å². The SMILES string of the molecule is Cc1cc(C)n(C[C@@H](C)C(N)=S)n1. The van der Waals surface area contributed by atoms with Gasteiger partial charge in [-0.3, -0.25) is 4.68 Å². The Bertz CT molecular complexity index is 317. The Morgan fingerprint density at radius 3 is 2.69 bits per heavy atom. The van der Waals surface area contributed by atoms with E-state index in [0.29, 0.717) is 4.99 Å². The van der Waals surface area contributed by atoms with E-state index in [-0.39, 0.29) is 5.92 Å². The van der Waals surface area contributed by atoms with Gasteiger partial charge in [0, 0.05) is 11.6 Å². The lowest BCUT2D eigenvalue weighted by molar-refractivity contribution is 0.528. The molecule has 3 nitrogen and oxygen atoms in total. The maximum absolute atomic E-state index is 5.53. The first-order chi connectivity index (χ1) is 6.00. The van der Waals surface area contributed by atoms with Crippen molar-refractivity contribution in [3.05, 3.63) is 17.5 Å². The van der Waals surface area contributed by atoms with Gasteiger partial charge in [-0.2, -0.15) is 5.10 Å². The van der Waals surface area contributed by atoms with Gasteiger partial charge in [0.2, 0.25) is 0 Å². The van der Waals surface area contributed by atoms with Crippen molar-refractivity contribution >= 4 is 17.2 Å². The van der Waals surface area contributed by atoms with Gasteiger partial charge in [-0.05, 0) is 19.9 Å². The van der Waals surface area contributed by atoms with Crippen LogP contribution in [0.2, 0.25) is 0 Å². The third-order valence-corrected chi connectivity index (χ3v) is 2.44. The second-order valence-electron chi connectivity index (χ2n) is 3.41. The Hall–Kier alpha value is -0.900. The molecule has 13 heavy (non-hydrogen) atoms. The Morgan fingerprint density at radius 2 is 2.31 bits per heavy atom. The van der Waals surface area contributed by atoms with Gasteiger partial charge in [-0.1, -0.05) is 19.1 Å². The number of nitrogens with zero attached hydrogens (tertiary/aromatic N) is 2. The van der Waals surface area contributed by atoms with Crippen LogP contribution in [0.3, 0.4) is 0 Å². The van der Waals surface area contributed by atoms with Crippen LogP contribution in [0.4, 0.5) is 0 Å². The second-order valence-corrected chi connectivity index (χ2v) is 3.88. The molecule has 0 aromatic carbocycles. The van der Waals surface area contributed by atoms with Gasteiger partial charge in [-0.15, -0.1) is 0 Å². The van der Waals surface area contributed by atoms with E-state index in [1.165, 1.54) is 0 Å². The van der Waals surface area contributed by atoms with Gasteiger partial charge in [0.25, 0.3) is 0 Å². The van der Waals surface area contributed by atoms with Crippen LogP contribution in [0.25, 0.3) is 0 Å². The number of hydrogen-bond acceptors (Lipinski definition) is 2. The lowest BCUT2D eigenvalue weighted by atomic mass is 10.2. The highest BCUT2D eigenvalue weighted by atomic mass is 32.1. The highest BCUT2D eigenvalue weighted by molar-refractivity contribution is 7.80. The highest BCUT2D eigenvalue weighted by Crippen LogP contribution is 2.06. The smallest absolute Gasteiger partial charge is 0.0774 e. The molecule has 0 aliphatic heterocycles. The number of hydrogen-bond donors (Lipinski definition) is 1. The fourth-order valence-corrected chi connectivity index (χ4v) is 1.28. The Labute approximate surface area is 83.9 Å². The quantitative estimate of drug-likeness (QED) is 0.745. The number of rotatable bonds is 3. The number of aryl methyl sites for hydroxylation is 2. The zero-order chi connectivity index (χ0) is 10.0. The van der Waals surface area contributed by atoms with E-state index in [1.807, 2.05) is 31.5 Å². The van der Waals surface area contributed by atoms with Gasteiger partial charge in [0.1, 0.15) is 0 Å². The van der Waals surface area contributed by atoms with Crippen molar-refractivity contribution in [1.29, 1.82) is 0 Å². The molecule has 2 N–H and O–H groups in total. The van der Waals surface area contributed by atoms with E-state index < -0.39 is 0 Å². The van der Waals surface area contributed by atoms with Crippen molar-refractivity contribution in [2.75, 3.05) is 0 Å². The van der Waals surface area contributed by atoms with Crippen molar-refractivity contribution in [3.8, 4) is 0 Å². The standard InChI is InChI=1S/C9H15N3S/c1-6(9(10)13)5-12-8(3)4-7(2)11-12/h4,6H,5H2,1-3H3,(H2,10,13)/t6-/m1/s1. The van der Waals surface area contributed by atoms with Crippen LogP contribution in [-0.4, -0.2) is 14.8 Å². The molecule has 0 aliphatic carbocycles.